The minimum absolute atomic E-state index is 0.146. The van der Waals surface area contributed by atoms with Crippen LogP contribution in [0.15, 0.2) is 41.0 Å². The highest BCUT2D eigenvalue weighted by atomic mass is 79.9. The van der Waals surface area contributed by atoms with E-state index >= 15 is 0 Å². The number of halogens is 1. The van der Waals surface area contributed by atoms with Gasteiger partial charge in [0.05, 0.1) is 16.6 Å². The average Bonchev–Trinajstić information content (AvgIpc) is 2.65. The van der Waals surface area contributed by atoms with Crippen molar-refractivity contribution in [3.63, 3.8) is 0 Å². The highest BCUT2D eigenvalue weighted by Crippen LogP contribution is 2.24. The molecule has 0 aliphatic rings. The zero-order valence-corrected chi connectivity index (χ0v) is 18.3. The van der Waals surface area contributed by atoms with Crippen LogP contribution in [-0.4, -0.2) is 37.2 Å². The standard InChI is InChI=1S/C20H24BrN7O/c1-11-9-12(2)24-20(23-11)27-16-7-5-15(6-8-16)26-19-22-10-17(21)18(28-19)25-13(3)14(4)29/h5-10,13-14,29H,1-4H3,(H,23,24,27)(H2,22,25,26,28)/t13-,14-/m1/s1. The zero-order valence-electron chi connectivity index (χ0n) is 16.7. The normalized spacial score (nSPS) is 12.9. The molecule has 0 radical (unpaired) electrons. The Bertz CT molecular complexity index is 959. The Morgan fingerprint density at radius 1 is 0.897 bits per heavy atom. The SMILES string of the molecule is Cc1cc(C)nc(Nc2ccc(Nc3ncc(Br)c(N[C@H](C)[C@@H](C)O)n3)cc2)n1. The van der Waals surface area contributed by atoms with Crippen molar-refractivity contribution in [3.05, 3.63) is 52.4 Å². The van der Waals surface area contributed by atoms with Crippen molar-refractivity contribution in [3.8, 4) is 0 Å². The van der Waals surface area contributed by atoms with Crippen LogP contribution in [0.25, 0.3) is 0 Å². The van der Waals surface area contributed by atoms with Gasteiger partial charge in [0.15, 0.2) is 0 Å². The molecule has 0 spiro atoms. The molecule has 4 N–H and O–H groups in total. The highest BCUT2D eigenvalue weighted by molar-refractivity contribution is 9.10. The van der Waals surface area contributed by atoms with Crippen molar-refractivity contribution in [2.75, 3.05) is 16.0 Å². The van der Waals surface area contributed by atoms with E-state index in [9.17, 15) is 5.11 Å². The first-order valence-electron chi connectivity index (χ1n) is 9.23. The van der Waals surface area contributed by atoms with Gasteiger partial charge in [-0.05, 0) is 74.0 Å². The van der Waals surface area contributed by atoms with E-state index in [4.69, 9.17) is 0 Å². The van der Waals surface area contributed by atoms with Crippen LogP contribution in [-0.2, 0) is 0 Å². The first-order valence-corrected chi connectivity index (χ1v) is 10.0. The van der Waals surface area contributed by atoms with E-state index in [0.29, 0.717) is 17.7 Å². The Hall–Kier alpha value is -2.78. The molecule has 29 heavy (non-hydrogen) atoms. The van der Waals surface area contributed by atoms with Gasteiger partial charge in [-0.1, -0.05) is 0 Å². The van der Waals surface area contributed by atoms with E-state index in [1.54, 1.807) is 13.1 Å². The Morgan fingerprint density at radius 3 is 2.00 bits per heavy atom. The molecule has 0 aliphatic carbocycles. The van der Waals surface area contributed by atoms with Gasteiger partial charge >= 0.3 is 0 Å². The van der Waals surface area contributed by atoms with Gasteiger partial charge in [-0.15, -0.1) is 0 Å². The highest BCUT2D eigenvalue weighted by Gasteiger charge is 2.12. The van der Waals surface area contributed by atoms with Crippen LogP contribution in [0.2, 0.25) is 0 Å². The Morgan fingerprint density at radius 2 is 1.45 bits per heavy atom. The minimum Gasteiger partial charge on any atom is -0.391 e. The predicted octanol–water partition coefficient (Wildman–Crippen LogP) is 4.31. The van der Waals surface area contributed by atoms with Crippen molar-refractivity contribution in [2.24, 2.45) is 0 Å². The molecule has 3 aromatic rings. The largest absolute Gasteiger partial charge is 0.391 e. The van der Waals surface area contributed by atoms with E-state index in [2.05, 4.69) is 51.8 Å². The molecule has 2 atom stereocenters. The predicted molar refractivity (Wildman–Crippen MR) is 119 cm³/mol. The molecule has 0 bridgehead atoms. The molecular weight excluding hydrogens is 434 g/mol. The summed E-state index contributed by atoms with van der Waals surface area (Å²) in [6.07, 6.45) is 1.16. The van der Waals surface area contributed by atoms with Crippen LogP contribution in [0.4, 0.5) is 29.1 Å². The van der Waals surface area contributed by atoms with E-state index in [-0.39, 0.29) is 6.04 Å². The number of aromatic nitrogens is 4. The molecule has 0 amide bonds. The van der Waals surface area contributed by atoms with Gasteiger partial charge in [0.2, 0.25) is 11.9 Å². The lowest BCUT2D eigenvalue weighted by molar-refractivity contribution is 0.177. The third-order valence-electron chi connectivity index (χ3n) is 4.21. The summed E-state index contributed by atoms with van der Waals surface area (Å²) in [6, 6.07) is 9.48. The fraction of sp³-hybridized carbons (Fsp3) is 0.300. The number of rotatable bonds is 7. The van der Waals surface area contributed by atoms with Gasteiger partial charge in [-0.25, -0.2) is 15.0 Å². The summed E-state index contributed by atoms with van der Waals surface area (Å²) in [6.45, 7) is 7.49. The summed E-state index contributed by atoms with van der Waals surface area (Å²) < 4.78 is 0.726. The summed E-state index contributed by atoms with van der Waals surface area (Å²) in [5.41, 5.74) is 3.55. The molecule has 152 valence electrons. The lowest BCUT2D eigenvalue weighted by atomic mass is 10.2. The molecule has 0 aliphatic heterocycles. The van der Waals surface area contributed by atoms with E-state index < -0.39 is 6.10 Å². The second kappa shape index (κ2) is 9.15. The van der Waals surface area contributed by atoms with Crippen molar-refractivity contribution in [2.45, 2.75) is 39.8 Å². The van der Waals surface area contributed by atoms with Crippen molar-refractivity contribution >= 4 is 45.0 Å². The summed E-state index contributed by atoms with van der Waals surface area (Å²) >= 11 is 3.43. The number of benzene rings is 1. The van der Waals surface area contributed by atoms with Crippen LogP contribution >= 0.6 is 15.9 Å². The van der Waals surface area contributed by atoms with Crippen molar-refractivity contribution in [1.29, 1.82) is 0 Å². The number of aliphatic hydroxyl groups is 1. The number of nitrogens with zero attached hydrogens (tertiary/aromatic N) is 4. The smallest absolute Gasteiger partial charge is 0.229 e. The summed E-state index contributed by atoms with van der Waals surface area (Å²) in [7, 11) is 0. The first kappa shape index (κ1) is 20.9. The Balaban J connectivity index is 1.69. The van der Waals surface area contributed by atoms with E-state index in [0.717, 1.165) is 27.2 Å². The number of hydrogen-bond acceptors (Lipinski definition) is 8. The fourth-order valence-corrected chi connectivity index (χ4v) is 2.85. The van der Waals surface area contributed by atoms with Crippen LogP contribution in [0.5, 0.6) is 0 Å². The molecule has 2 aromatic heterocycles. The quantitative estimate of drug-likeness (QED) is 0.415. The van der Waals surface area contributed by atoms with E-state index in [1.807, 2.05) is 51.1 Å². The van der Waals surface area contributed by atoms with Gasteiger partial charge < -0.3 is 21.1 Å². The molecule has 1 aromatic carbocycles. The van der Waals surface area contributed by atoms with Gasteiger partial charge in [-0.3, -0.25) is 0 Å². The molecule has 0 unspecified atom stereocenters. The molecule has 0 saturated carbocycles. The fourth-order valence-electron chi connectivity index (χ4n) is 2.54. The van der Waals surface area contributed by atoms with Crippen molar-refractivity contribution in [1.82, 2.24) is 19.9 Å². The maximum absolute atomic E-state index is 9.69. The third-order valence-corrected chi connectivity index (χ3v) is 4.79. The lowest BCUT2D eigenvalue weighted by Gasteiger charge is -2.18. The van der Waals surface area contributed by atoms with Gasteiger partial charge in [0.1, 0.15) is 5.82 Å². The second-order valence-electron chi connectivity index (χ2n) is 6.87. The molecule has 3 rings (SSSR count). The monoisotopic (exact) mass is 457 g/mol. The molecule has 0 fully saturated rings. The number of aryl methyl sites for hydroxylation is 2. The molecule has 2 heterocycles. The van der Waals surface area contributed by atoms with E-state index in [1.165, 1.54) is 0 Å². The number of nitrogens with one attached hydrogen (secondary N) is 3. The maximum Gasteiger partial charge on any atom is 0.229 e. The summed E-state index contributed by atoms with van der Waals surface area (Å²) in [4.78, 5) is 17.5. The van der Waals surface area contributed by atoms with Crippen LogP contribution in [0, 0.1) is 13.8 Å². The number of anilines is 5. The summed E-state index contributed by atoms with van der Waals surface area (Å²) in [5, 5.41) is 19.2. The van der Waals surface area contributed by atoms with Crippen LogP contribution < -0.4 is 16.0 Å². The van der Waals surface area contributed by atoms with Crippen molar-refractivity contribution < 1.29 is 5.11 Å². The molecule has 8 nitrogen and oxygen atoms in total. The Labute approximate surface area is 178 Å². The number of hydrogen-bond donors (Lipinski definition) is 4. The van der Waals surface area contributed by atoms with Gasteiger partial charge in [0, 0.05) is 29.0 Å². The molecular formula is C20H24BrN7O. The summed E-state index contributed by atoms with van der Waals surface area (Å²) in [5.74, 6) is 1.63. The maximum atomic E-state index is 9.69. The zero-order chi connectivity index (χ0) is 21.0. The first-order chi connectivity index (χ1) is 13.8. The third kappa shape index (κ3) is 5.85. The van der Waals surface area contributed by atoms with Gasteiger partial charge in [-0.2, -0.15) is 4.98 Å². The average molecular weight is 458 g/mol. The second-order valence-corrected chi connectivity index (χ2v) is 7.72. The van der Waals surface area contributed by atoms with Gasteiger partial charge in [0.25, 0.3) is 0 Å². The topological polar surface area (TPSA) is 108 Å². The number of aliphatic hydroxyl groups excluding tert-OH is 1. The lowest BCUT2D eigenvalue weighted by Crippen LogP contribution is -2.28. The van der Waals surface area contributed by atoms with Crippen LogP contribution in [0.3, 0.4) is 0 Å². The molecule has 0 saturated heterocycles. The minimum atomic E-state index is -0.505. The Kier molecular flexibility index (Phi) is 6.60. The van der Waals surface area contributed by atoms with Crippen LogP contribution in [0.1, 0.15) is 25.2 Å². The molecule has 9 heteroatoms.